The monoisotopic (exact) mass is 396 g/mol. The van der Waals surface area contributed by atoms with Gasteiger partial charge in [-0.15, -0.1) is 0 Å². The first kappa shape index (κ1) is 22.5. The third-order valence-corrected chi connectivity index (χ3v) is 6.29. The van der Waals surface area contributed by atoms with Crippen molar-refractivity contribution in [1.29, 1.82) is 5.26 Å². The van der Waals surface area contributed by atoms with Crippen LogP contribution in [-0.2, 0) is 12.0 Å². The fourth-order valence-electron chi connectivity index (χ4n) is 4.12. The molecule has 2 atom stereocenters. The van der Waals surface area contributed by atoms with Gasteiger partial charge in [0.25, 0.3) is 0 Å². The van der Waals surface area contributed by atoms with E-state index >= 15 is 0 Å². The van der Waals surface area contributed by atoms with Crippen molar-refractivity contribution in [2.75, 3.05) is 6.54 Å². The van der Waals surface area contributed by atoms with E-state index in [4.69, 9.17) is 11.6 Å². The summed E-state index contributed by atoms with van der Waals surface area (Å²) in [5.41, 5.74) is 1.94. The Bertz CT molecular complexity index is 748. The molecule has 0 spiro atoms. The SMILES string of the molecule is CCC(CCC(C#N)(c1ccc(Cl)cc1)C(C)C)N(CC)Cc1ccccc1. The summed E-state index contributed by atoms with van der Waals surface area (Å²) < 4.78 is 0. The quantitative estimate of drug-likeness (QED) is 0.439. The minimum atomic E-state index is -0.482. The van der Waals surface area contributed by atoms with Gasteiger partial charge in [0.05, 0.1) is 11.5 Å². The number of rotatable bonds is 10. The molecule has 0 bridgehead atoms. The Balaban J connectivity index is 2.19. The van der Waals surface area contributed by atoms with Gasteiger partial charge in [0, 0.05) is 17.6 Å². The van der Waals surface area contributed by atoms with Gasteiger partial charge in [-0.3, -0.25) is 4.90 Å². The molecule has 2 aromatic rings. The van der Waals surface area contributed by atoms with Crippen LogP contribution >= 0.6 is 11.6 Å². The van der Waals surface area contributed by atoms with E-state index in [0.29, 0.717) is 11.1 Å². The van der Waals surface area contributed by atoms with E-state index in [1.54, 1.807) is 0 Å². The number of hydrogen-bond donors (Lipinski definition) is 0. The maximum atomic E-state index is 10.2. The van der Waals surface area contributed by atoms with E-state index in [1.807, 2.05) is 24.3 Å². The molecule has 2 unspecified atom stereocenters. The molecule has 0 fully saturated rings. The average Bonchev–Trinajstić information content (AvgIpc) is 2.71. The minimum Gasteiger partial charge on any atom is -0.296 e. The van der Waals surface area contributed by atoms with Crippen LogP contribution in [0.4, 0.5) is 0 Å². The summed E-state index contributed by atoms with van der Waals surface area (Å²) in [4.78, 5) is 2.54. The van der Waals surface area contributed by atoms with E-state index in [1.165, 1.54) is 5.56 Å². The van der Waals surface area contributed by atoms with Crippen LogP contribution in [0.15, 0.2) is 54.6 Å². The molecule has 28 heavy (non-hydrogen) atoms. The first-order chi connectivity index (χ1) is 13.5. The number of hydrogen-bond acceptors (Lipinski definition) is 2. The molecule has 0 amide bonds. The Labute approximate surface area is 176 Å². The molecule has 0 heterocycles. The Morgan fingerprint density at radius 1 is 1.04 bits per heavy atom. The van der Waals surface area contributed by atoms with E-state index in [-0.39, 0.29) is 5.92 Å². The lowest BCUT2D eigenvalue weighted by molar-refractivity contribution is 0.168. The van der Waals surface area contributed by atoms with Gasteiger partial charge in [-0.2, -0.15) is 5.26 Å². The number of benzene rings is 2. The number of nitriles is 1. The largest absolute Gasteiger partial charge is 0.296 e. The Morgan fingerprint density at radius 3 is 2.18 bits per heavy atom. The fraction of sp³-hybridized carbons (Fsp3) is 0.480. The topological polar surface area (TPSA) is 27.0 Å². The third kappa shape index (κ3) is 5.37. The van der Waals surface area contributed by atoms with Gasteiger partial charge in [0.1, 0.15) is 0 Å². The average molecular weight is 397 g/mol. The second kappa shape index (κ2) is 10.6. The van der Waals surface area contributed by atoms with E-state index in [2.05, 4.69) is 69.0 Å². The lowest BCUT2D eigenvalue weighted by Crippen LogP contribution is -2.38. The molecular weight excluding hydrogens is 364 g/mol. The van der Waals surface area contributed by atoms with Crippen LogP contribution in [0.25, 0.3) is 0 Å². The summed E-state index contributed by atoms with van der Waals surface area (Å²) in [7, 11) is 0. The molecular formula is C25H33ClN2. The molecule has 2 aromatic carbocycles. The fourth-order valence-corrected chi connectivity index (χ4v) is 4.25. The van der Waals surface area contributed by atoms with Crippen LogP contribution in [-0.4, -0.2) is 17.5 Å². The second-order valence-corrected chi connectivity index (χ2v) is 8.33. The summed E-state index contributed by atoms with van der Waals surface area (Å²) in [6, 6.07) is 21.6. The van der Waals surface area contributed by atoms with Crippen molar-refractivity contribution < 1.29 is 0 Å². The number of nitrogens with zero attached hydrogens (tertiary/aromatic N) is 2. The van der Waals surface area contributed by atoms with Crippen molar-refractivity contribution >= 4 is 11.6 Å². The van der Waals surface area contributed by atoms with E-state index in [0.717, 1.165) is 37.9 Å². The third-order valence-electron chi connectivity index (χ3n) is 6.04. The minimum absolute atomic E-state index is 0.236. The standard InChI is InChI=1S/C25H33ClN2/c1-5-24(28(6-2)18-21-10-8-7-9-11-21)16-17-25(19-27,20(3)4)22-12-14-23(26)15-13-22/h7-15,20,24H,5-6,16-18H2,1-4H3. The molecule has 0 aromatic heterocycles. The smallest absolute Gasteiger partial charge is 0.0845 e. The maximum Gasteiger partial charge on any atom is 0.0845 e. The Morgan fingerprint density at radius 2 is 1.68 bits per heavy atom. The van der Waals surface area contributed by atoms with Gasteiger partial charge < -0.3 is 0 Å². The zero-order valence-electron chi connectivity index (χ0n) is 17.7. The molecule has 0 saturated heterocycles. The van der Waals surface area contributed by atoms with Crippen molar-refractivity contribution in [2.45, 2.75) is 65.0 Å². The van der Waals surface area contributed by atoms with Gasteiger partial charge in [0.2, 0.25) is 0 Å². The molecule has 0 aliphatic rings. The zero-order valence-corrected chi connectivity index (χ0v) is 18.4. The van der Waals surface area contributed by atoms with Gasteiger partial charge in [-0.25, -0.2) is 0 Å². The highest BCUT2D eigenvalue weighted by atomic mass is 35.5. The lowest BCUT2D eigenvalue weighted by atomic mass is 9.69. The molecule has 2 rings (SSSR count). The van der Waals surface area contributed by atoms with Crippen molar-refractivity contribution in [3.8, 4) is 6.07 Å². The highest BCUT2D eigenvalue weighted by molar-refractivity contribution is 6.30. The van der Waals surface area contributed by atoms with Crippen LogP contribution < -0.4 is 0 Å². The predicted octanol–water partition coefficient (Wildman–Crippen LogP) is 6.84. The maximum absolute atomic E-state index is 10.2. The molecule has 0 aliphatic carbocycles. The normalized spacial score (nSPS) is 14.6. The second-order valence-electron chi connectivity index (χ2n) is 7.89. The lowest BCUT2D eigenvalue weighted by Gasteiger charge is -2.36. The van der Waals surface area contributed by atoms with Crippen molar-refractivity contribution in [1.82, 2.24) is 4.90 Å². The van der Waals surface area contributed by atoms with Crippen LogP contribution in [0, 0.1) is 17.2 Å². The van der Waals surface area contributed by atoms with Gasteiger partial charge in [-0.05, 0) is 55.0 Å². The molecule has 0 N–H and O–H groups in total. The number of halogens is 1. The van der Waals surface area contributed by atoms with Crippen LogP contribution in [0.3, 0.4) is 0 Å². The van der Waals surface area contributed by atoms with Crippen LogP contribution in [0.2, 0.25) is 5.02 Å². The molecule has 3 heteroatoms. The predicted molar refractivity (Wildman–Crippen MR) is 119 cm³/mol. The first-order valence-electron chi connectivity index (χ1n) is 10.4. The Hall–Kier alpha value is -1.82. The van der Waals surface area contributed by atoms with Gasteiger partial charge in [-0.1, -0.05) is 81.8 Å². The van der Waals surface area contributed by atoms with Gasteiger partial charge in [0.15, 0.2) is 0 Å². The van der Waals surface area contributed by atoms with Crippen molar-refractivity contribution in [3.05, 3.63) is 70.7 Å². The molecule has 0 aliphatic heterocycles. The molecule has 0 radical (unpaired) electrons. The highest BCUT2D eigenvalue weighted by Gasteiger charge is 2.36. The van der Waals surface area contributed by atoms with E-state index < -0.39 is 5.41 Å². The summed E-state index contributed by atoms with van der Waals surface area (Å²) >= 11 is 6.08. The Kier molecular flexibility index (Phi) is 8.55. The van der Waals surface area contributed by atoms with Gasteiger partial charge >= 0.3 is 0 Å². The molecule has 150 valence electrons. The summed E-state index contributed by atoms with van der Waals surface area (Å²) in [5, 5.41) is 10.9. The van der Waals surface area contributed by atoms with Crippen molar-refractivity contribution in [3.63, 3.8) is 0 Å². The molecule has 2 nitrogen and oxygen atoms in total. The van der Waals surface area contributed by atoms with Crippen molar-refractivity contribution in [2.24, 2.45) is 5.92 Å². The summed E-state index contributed by atoms with van der Waals surface area (Å²) in [6.45, 7) is 10.8. The zero-order chi connectivity index (χ0) is 20.6. The van der Waals surface area contributed by atoms with Crippen LogP contribution in [0.5, 0.6) is 0 Å². The summed E-state index contributed by atoms with van der Waals surface area (Å²) in [6.07, 6.45) is 2.94. The van der Waals surface area contributed by atoms with E-state index in [9.17, 15) is 5.26 Å². The molecule has 0 saturated carbocycles. The summed E-state index contributed by atoms with van der Waals surface area (Å²) in [5.74, 6) is 0.236. The van der Waals surface area contributed by atoms with Crippen LogP contribution in [0.1, 0.15) is 58.1 Å². The first-order valence-corrected chi connectivity index (χ1v) is 10.8. The highest BCUT2D eigenvalue weighted by Crippen LogP contribution is 2.38.